The topological polar surface area (TPSA) is 153 Å². The van der Waals surface area contributed by atoms with E-state index < -0.39 is 17.9 Å². The first-order chi connectivity index (χ1) is 22.4. The van der Waals surface area contributed by atoms with Gasteiger partial charge in [-0.1, -0.05) is 18.2 Å². The van der Waals surface area contributed by atoms with Crippen molar-refractivity contribution in [1.29, 1.82) is 0 Å². The van der Waals surface area contributed by atoms with E-state index in [4.69, 9.17) is 15.6 Å². The van der Waals surface area contributed by atoms with Gasteiger partial charge >= 0.3 is 0 Å². The van der Waals surface area contributed by atoms with Crippen molar-refractivity contribution < 1.29 is 18.7 Å². The van der Waals surface area contributed by atoms with Gasteiger partial charge in [-0.3, -0.25) is 19.8 Å². The standard InChI is InChI=1S/C33H32FN9O3/c34-26-16-20(17-27(39-26)38-25-10-11-28(44)40-33(25)45)18-42-14-12-22(13-15-42)43-32-29(31(35)36-19-37-32)30(41-43)21-6-8-24(9-7-21)46-23-4-2-1-3-5-23/h1-9,16-17,19,22,25H,10-15,18H2,(H,38,39)(H2,35,36,37)(H,40,44,45). The molecule has 0 bridgehead atoms. The highest BCUT2D eigenvalue weighted by Gasteiger charge is 2.28. The van der Waals surface area contributed by atoms with Crippen molar-refractivity contribution in [3.63, 3.8) is 0 Å². The fraction of sp³-hybridized carbons (Fsp3) is 0.273. The normalized spacial score (nSPS) is 17.6. The van der Waals surface area contributed by atoms with Crippen LogP contribution in [-0.2, 0) is 16.1 Å². The molecule has 0 spiro atoms. The van der Waals surface area contributed by atoms with Crippen LogP contribution >= 0.6 is 0 Å². The molecule has 2 fully saturated rings. The highest BCUT2D eigenvalue weighted by Crippen LogP contribution is 2.35. The van der Waals surface area contributed by atoms with Crippen molar-refractivity contribution in [3.05, 3.63) is 84.6 Å². The Hall–Kier alpha value is -5.43. The Labute approximate surface area is 263 Å². The number of pyridine rings is 1. The Bertz CT molecular complexity index is 1890. The van der Waals surface area contributed by atoms with Crippen molar-refractivity contribution in [2.45, 2.75) is 44.3 Å². The largest absolute Gasteiger partial charge is 0.457 e. The summed E-state index contributed by atoms with van der Waals surface area (Å²) >= 11 is 0. The lowest BCUT2D eigenvalue weighted by atomic mass is 10.0. The van der Waals surface area contributed by atoms with Crippen LogP contribution in [0.4, 0.5) is 16.0 Å². The molecule has 0 radical (unpaired) electrons. The van der Waals surface area contributed by atoms with E-state index in [0.29, 0.717) is 41.3 Å². The average Bonchev–Trinajstić information content (AvgIpc) is 3.44. The number of ether oxygens (including phenoxy) is 1. The van der Waals surface area contributed by atoms with E-state index in [9.17, 15) is 14.0 Å². The molecule has 2 saturated heterocycles. The van der Waals surface area contributed by atoms with Gasteiger partial charge in [-0.15, -0.1) is 0 Å². The molecule has 0 aliphatic carbocycles. The van der Waals surface area contributed by atoms with Crippen molar-refractivity contribution >= 4 is 34.5 Å². The van der Waals surface area contributed by atoms with Crippen LogP contribution in [0.2, 0.25) is 0 Å². The number of amides is 2. The molecule has 12 nitrogen and oxygen atoms in total. The van der Waals surface area contributed by atoms with Gasteiger partial charge in [-0.2, -0.15) is 9.49 Å². The van der Waals surface area contributed by atoms with Crippen molar-refractivity contribution in [2.75, 3.05) is 24.1 Å². The van der Waals surface area contributed by atoms with Crippen LogP contribution in [0.25, 0.3) is 22.3 Å². The van der Waals surface area contributed by atoms with Gasteiger partial charge in [0.05, 0.1) is 11.4 Å². The minimum Gasteiger partial charge on any atom is -0.457 e. The predicted octanol–water partition coefficient (Wildman–Crippen LogP) is 4.46. The average molecular weight is 622 g/mol. The van der Waals surface area contributed by atoms with Crippen molar-refractivity contribution in [3.8, 4) is 22.8 Å². The number of nitrogens with one attached hydrogen (secondary N) is 2. The number of para-hydroxylation sites is 1. The Morgan fingerprint density at radius 3 is 2.50 bits per heavy atom. The molecule has 5 aromatic rings. The predicted molar refractivity (Wildman–Crippen MR) is 169 cm³/mol. The van der Waals surface area contributed by atoms with E-state index in [1.807, 2.05) is 59.3 Å². The smallest absolute Gasteiger partial charge is 0.249 e. The number of nitrogens with two attached hydrogens (primary N) is 1. The molecular weight excluding hydrogens is 589 g/mol. The monoisotopic (exact) mass is 621 g/mol. The molecule has 1 atom stereocenters. The minimum atomic E-state index is -0.636. The summed E-state index contributed by atoms with van der Waals surface area (Å²) in [6.07, 6.45) is 3.63. The number of benzene rings is 2. The number of fused-ring (bicyclic) bond motifs is 1. The fourth-order valence-corrected chi connectivity index (χ4v) is 6.06. The number of imide groups is 1. The third-order valence-electron chi connectivity index (χ3n) is 8.35. The van der Waals surface area contributed by atoms with E-state index in [0.717, 1.165) is 42.8 Å². The van der Waals surface area contributed by atoms with Crippen molar-refractivity contribution in [1.82, 2.24) is 34.9 Å². The SMILES string of the molecule is Nc1ncnc2c1c(-c1ccc(Oc3ccccc3)cc1)nn2C1CCN(Cc2cc(F)nc(NC3CCC(=O)NC3=O)c2)CC1. The Balaban J connectivity index is 1.04. The summed E-state index contributed by atoms with van der Waals surface area (Å²) in [4.78, 5) is 38.6. The minimum absolute atomic E-state index is 0.0846. The number of carbonyl (C=O) groups is 2. The quantitative estimate of drug-likeness (QED) is 0.167. The molecular formula is C33H32FN9O3. The van der Waals surface area contributed by atoms with E-state index in [1.54, 1.807) is 6.07 Å². The van der Waals surface area contributed by atoms with Gasteiger partial charge in [0.1, 0.15) is 41.2 Å². The second-order valence-electron chi connectivity index (χ2n) is 11.5. The van der Waals surface area contributed by atoms with Crippen LogP contribution in [-0.4, -0.2) is 60.6 Å². The number of carbonyl (C=O) groups excluding carboxylic acids is 2. The summed E-state index contributed by atoms with van der Waals surface area (Å²) in [5, 5.41) is 11.0. The van der Waals surface area contributed by atoms with Crippen LogP contribution in [0.1, 0.15) is 37.3 Å². The summed E-state index contributed by atoms with van der Waals surface area (Å²) in [5.41, 5.74) is 9.38. The maximum atomic E-state index is 14.5. The van der Waals surface area contributed by atoms with Crippen LogP contribution in [0.5, 0.6) is 11.5 Å². The molecule has 2 aromatic carbocycles. The lowest BCUT2D eigenvalue weighted by Gasteiger charge is -2.32. The zero-order valence-corrected chi connectivity index (χ0v) is 24.9. The highest BCUT2D eigenvalue weighted by atomic mass is 19.1. The molecule has 13 heteroatoms. The highest BCUT2D eigenvalue weighted by molar-refractivity contribution is 6.01. The number of nitrogen functional groups attached to an aromatic ring is 1. The molecule has 3 aromatic heterocycles. The number of likely N-dealkylation sites (tertiary alicyclic amines) is 1. The zero-order chi connectivity index (χ0) is 31.6. The van der Waals surface area contributed by atoms with Gasteiger partial charge in [-0.25, -0.2) is 19.6 Å². The number of piperidine rings is 2. The molecule has 2 amide bonds. The Kier molecular flexibility index (Phi) is 7.97. The number of rotatable bonds is 8. The van der Waals surface area contributed by atoms with Gasteiger partial charge in [0, 0.05) is 31.6 Å². The number of hydrogen-bond acceptors (Lipinski definition) is 10. The second-order valence-corrected chi connectivity index (χ2v) is 11.5. The van der Waals surface area contributed by atoms with E-state index >= 15 is 0 Å². The lowest BCUT2D eigenvalue weighted by Crippen LogP contribution is -2.47. The van der Waals surface area contributed by atoms with E-state index in [1.165, 1.54) is 12.4 Å². The van der Waals surface area contributed by atoms with Gasteiger partial charge in [-0.05, 0) is 73.4 Å². The molecule has 0 saturated carbocycles. The van der Waals surface area contributed by atoms with Gasteiger partial charge in [0.15, 0.2) is 5.65 Å². The number of aromatic nitrogens is 5. The third kappa shape index (κ3) is 6.22. The molecule has 234 valence electrons. The van der Waals surface area contributed by atoms with E-state index in [-0.39, 0.29) is 24.2 Å². The summed E-state index contributed by atoms with van der Waals surface area (Å²) < 4.78 is 22.4. The lowest BCUT2D eigenvalue weighted by molar-refractivity contribution is -0.133. The summed E-state index contributed by atoms with van der Waals surface area (Å²) in [6, 6.07) is 19.9. The van der Waals surface area contributed by atoms with Crippen LogP contribution in [0.3, 0.4) is 0 Å². The third-order valence-corrected chi connectivity index (χ3v) is 8.35. The summed E-state index contributed by atoms with van der Waals surface area (Å²) in [7, 11) is 0. The summed E-state index contributed by atoms with van der Waals surface area (Å²) in [6.45, 7) is 2.04. The van der Waals surface area contributed by atoms with Crippen LogP contribution in [0.15, 0.2) is 73.1 Å². The first-order valence-corrected chi connectivity index (χ1v) is 15.2. The first-order valence-electron chi connectivity index (χ1n) is 15.2. The molecule has 46 heavy (non-hydrogen) atoms. The molecule has 4 N–H and O–H groups in total. The second kappa shape index (κ2) is 12.5. The zero-order valence-electron chi connectivity index (χ0n) is 24.9. The first kappa shape index (κ1) is 29.3. The maximum absolute atomic E-state index is 14.5. The molecule has 2 aliphatic heterocycles. The van der Waals surface area contributed by atoms with Gasteiger partial charge < -0.3 is 15.8 Å². The van der Waals surface area contributed by atoms with Gasteiger partial charge in [0.2, 0.25) is 17.8 Å². The Morgan fingerprint density at radius 1 is 0.978 bits per heavy atom. The maximum Gasteiger partial charge on any atom is 0.249 e. The Morgan fingerprint density at radius 2 is 1.74 bits per heavy atom. The summed E-state index contributed by atoms with van der Waals surface area (Å²) in [5.74, 6) is 0.742. The van der Waals surface area contributed by atoms with Crippen molar-refractivity contribution in [2.24, 2.45) is 0 Å². The van der Waals surface area contributed by atoms with Crippen LogP contribution in [0, 0.1) is 5.95 Å². The molecule has 7 rings (SSSR count). The fourth-order valence-electron chi connectivity index (χ4n) is 6.06. The molecule has 1 unspecified atom stereocenters. The number of nitrogens with zero attached hydrogens (tertiary/aromatic N) is 6. The molecule has 5 heterocycles. The number of anilines is 2. The van der Waals surface area contributed by atoms with Crippen LogP contribution < -0.4 is 21.1 Å². The van der Waals surface area contributed by atoms with E-state index in [2.05, 4.69) is 30.5 Å². The number of hydrogen-bond donors (Lipinski definition) is 3. The van der Waals surface area contributed by atoms with Gasteiger partial charge in [0.25, 0.3) is 0 Å². The molecule has 2 aliphatic rings. The number of halogens is 1.